The second-order valence-electron chi connectivity index (χ2n) is 7.79. The molecule has 0 aliphatic rings. The summed E-state index contributed by atoms with van der Waals surface area (Å²) in [6.45, 7) is 3.66. The Morgan fingerprint density at radius 2 is 1.55 bits per heavy atom. The van der Waals surface area contributed by atoms with E-state index in [1.165, 1.54) is 11.6 Å². The number of nitrogens with zero attached hydrogens (tertiary/aromatic N) is 5. The van der Waals surface area contributed by atoms with Crippen LogP contribution in [0.2, 0.25) is 0 Å². The summed E-state index contributed by atoms with van der Waals surface area (Å²) in [6.07, 6.45) is 0. The Labute approximate surface area is 190 Å². The molecule has 5 rings (SSSR count). The van der Waals surface area contributed by atoms with Gasteiger partial charge in [-0.2, -0.15) is 23.4 Å². The van der Waals surface area contributed by atoms with Gasteiger partial charge in [-0.05, 0) is 67.3 Å². The van der Waals surface area contributed by atoms with Crippen molar-refractivity contribution < 1.29 is 13.0 Å². The first-order valence-electron chi connectivity index (χ1n) is 10.1. The van der Waals surface area contributed by atoms with Crippen LogP contribution in [0.4, 0.5) is 11.4 Å². The molecular weight excluding hydrogens is 438 g/mol. The maximum absolute atomic E-state index is 11.5. The van der Waals surface area contributed by atoms with Crippen molar-refractivity contribution in [2.45, 2.75) is 18.7 Å². The minimum absolute atomic E-state index is 0.186. The fourth-order valence-electron chi connectivity index (χ4n) is 3.64. The zero-order valence-corrected chi connectivity index (χ0v) is 18.7. The number of aryl methyl sites for hydroxylation is 2. The van der Waals surface area contributed by atoms with Crippen LogP contribution >= 0.6 is 0 Å². The Kier molecular flexibility index (Phi) is 4.99. The van der Waals surface area contributed by atoms with Crippen molar-refractivity contribution in [3.8, 4) is 5.69 Å². The molecule has 0 amide bonds. The highest BCUT2D eigenvalue weighted by Crippen LogP contribution is 2.26. The highest BCUT2D eigenvalue weighted by molar-refractivity contribution is 7.85. The lowest BCUT2D eigenvalue weighted by Gasteiger charge is -2.03. The van der Waals surface area contributed by atoms with Crippen molar-refractivity contribution in [3.63, 3.8) is 0 Å². The molecule has 0 spiro atoms. The molecule has 0 saturated heterocycles. The van der Waals surface area contributed by atoms with Crippen LogP contribution in [-0.2, 0) is 10.1 Å². The standard InChI is InChI=1S/C24H19N5O3S/c1-15-3-11-21-17(13-15)5-12-22-24(21)28-29(27-22)20-9-7-18(8-10-20)25-26-19-6-4-16(2)23(14-19)33(30,31)32/h3-14H,1-2H3,(H,30,31,32). The molecule has 0 fully saturated rings. The SMILES string of the molecule is Cc1ccc2c(ccc3nn(-c4ccc(N=Nc5ccc(C)c(S(=O)(=O)O)c5)cc4)nc32)c1. The number of azo groups is 1. The van der Waals surface area contributed by atoms with Crippen LogP contribution in [0.15, 0.2) is 87.9 Å². The quantitative estimate of drug-likeness (QED) is 0.269. The van der Waals surface area contributed by atoms with Crippen molar-refractivity contribution in [1.82, 2.24) is 15.0 Å². The Bertz CT molecular complexity index is 1660. The first-order chi connectivity index (χ1) is 15.8. The van der Waals surface area contributed by atoms with Crippen molar-refractivity contribution in [1.29, 1.82) is 0 Å². The third kappa shape index (κ3) is 4.11. The summed E-state index contributed by atoms with van der Waals surface area (Å²) < 4.78 is 32.3. The predicted molar refractivity (Wildman–Crippen MR) is 126 cm³/mol. The lowest BCUT2D eigenvalue weighted by Crippen LogP contribution is -2.00. The summed E-state index contributed by atoms with van der Waals surface area (Å²) >= 11 is 0. The maximum atomic E-state index is 11.5. The molecule has 0 bridgehead atoms. The van der Waals surface area contributed by atoms with Gasteiger partial charge in [-0.3, -0.25) is 4.55 Å². The van der Waals surface area contributed by atoms with Crippen LogP contribution in [0.25, 0.3) is 27.5 Å². The van der Waals surface area contributed by atoms with E-state index in [1.54, 1.807) is 36.0 Å². The molecule has 0 aliphatic carbocycles. The molecule has 33 heavy (non-hydrogen) atoms. The monoisotopic (exact) mass is 457 g/mol. The topological polar surface area (TPSA) is 110 Å². The van der Waals surface area contributed by atoms with Gasteiger partial charge in [-0.25, -0.2) is 0 Å². The minimum Gasteiger partial charge on any atom is -0.282 e. The first-order valence-corrected chi connectivity index (χ1v) is 11.6. The Morgan fingerprint density at radius 3 is 2.30 bits per heavy atom. The molecule has 1 heterocycles. The largest absolute Gasteiger partial charge is 0.294 e. The van der Waals surface area contributed by atoms with Crippen LogP contribution in [0.5, 0.6) is 0 Å². The molecule has 4 aromatic carbocycles. The van der Waals surface area contributed by atoms with Gasteiger partial charge < -0.3 is 0 Å². The zero-order chi connectivity index (χ0) is 23.2. The van der Waals surface area contributed by atoms with E-state index in [-0.39, 0.29) is 4.90 Å². The predicted octanol–water partition coefficient (Wildman–Crippen LogP) is 5.85. The van der Waals surface area contributed by atoms with Gasteiger partial charge in [0.05, 0.1) is 22.0 Å². The summed E-state index contributed by atoms with van der Waals surface area (Å²) in [5.41, 5.74) is 4.94. The van der Waals surface area contributed by atoms with E-state index in [4.69, 9.17) is 0 Å². The molecule has 5 aromatic rings. The number of fused-ring (bicyclic) bond motifs is 3. The van der Waals surface area contributed by atoms with Crippen molar-refractivity contribution in [2.24, 2.45) is 10.2 Å². The van der Waals surface area contributed by atoms with Gasteiger partial charge in [-0.15, -0.1) is 10.2 Å². The number of rotatable bonds is 4. The number of benzene rings is 4. The molecule has 1 aromatic heterocycles. The van der Waals surface area contributed by atoms with Gasteiger partial charge in [-0.1, -0.05) is 35.9 Å². The highest BCUT2D eigenvalue weighted by atomic mass is 32.2. The van der Waals surface area contributed by atoms with Crippen LogP contribution in [-0.4, -0.2) is 28.0 Å². The van der Waals surface area contributed by atoms with E-state index >= 15 is 0 Å². The molecule has 0 unspecified atom stereocenters. The van der Waals surface area contributed by atoms with E-state index in [9.17, 15) is 13.0 Å². The van der Waals surface area contributed by atoms with Crippen LogP contribution in [0.3, 0.4) is 0 Å². The molecular formula is C24H19N5O3S. The summed E-state index contributed by atoms with van der Waals surface area (Å²) in [5.74, 6) is 0. The normalized spacial score (nSPS) is 12.2. The summed E-state index contributed by atoms with van der Waals surface area (Å²) in [4.78, 5) is 1.40. The van der Waals surface area contributed by atoms with E-state index in [1.807, 2.05) is 24.3 Å². The van der Waals surface area contributed by atoms with Gasteiger partial charge in [0.15, 0.2) is 0 Å². The molecule has 8 nitrogen and oxygen atoms in total. The van der Waals surface area contributed by atoms with Crippen molar-refractivity contribution in [3.05, 3.63) is 83.9 Å². The van der Waals surface area contributed by atoms with Crippen LogP contribution < -0.4 is 0 Å². The fraction of sp³-hybridized carbons (Fsp3) is 0.0833. The van der Waals surface area contributed by atoms with Gasteiger partial charge in [0.1, 0.15) is 11.0 Å². The molecule has 0 radical (unpaired) electrons. The minimum atomic E-state index is -4.32. The second kappa shape index (κ2) is 7.88. The van der Waals surface area contributed by atoms with Crippen molar-refractivity contribution in [2.75, 3.05) is 0 Å². The smallest absolute Gasteiger partial charge is 0.282 e. The summed E-state index contributed by atoms with van der Waals surface area (Å²) in [7, 11) is -4.32. The number of aromatic nitrogens is 3. The lowest BCUT2D eigenvalue weighted by molar-refractivity contribution is 0.482. The molecule has 0 saturated carbocycles. The number of hydrogen-bond acceptors (Lipinski definition) is 6. The van der Waals surface area contributed by atoms with Gasteiger partial charge in [0, 0.05) is 5.39 Å². The Hall–Kier alpha value is -3.95. The molecule has 164 valence electrons. The average molecular weight is 458 g/mol. The van der Waals surface area contributed by atoms with Gasteiger partial charge in [0.2, 0.25) is 0 Å². The molecule has 0 atom stereocenters. The third-order valence-corrected chi connectivity index (χ3v) is 6.33. The van der Waals surface area contributed by atoms with Gasteiger partial charge in [0.25, 0.3) is 10.1 Å². The Morgan fingerprint density at radius 1 is 0.818 bits per heavy atom. The first kappa shape index (κ1) is 20.9. The average Bonchev–Trinajstić information content (AvgIpc) is 3.22. The molecule has 0 aliphatic heterocycles. The fourth-order valence-corrected chi connectivity index (χ4v) is 4.38. The van der Waals surface area contributed by atoms with Crippen LogP contribution in [0, 0.1) is 13.8 Å². The third-order valence-electron chi connectivity index (χ3n) is 5.33. The molecule has 1 N–H and O–H groups in total. The van der Waals surface area contributed by atoms with Crippen LogP contribution in [0.1, 0.15) is 11.1 Å². The van der Waals surface area contributed by atoms with E-state index in [2.05, 4.69) is 45.5 Å². The second-order valence-corrected chi connectivity index (χ2v) is 9.18. The van der Waals surface area contributed by atoms with E-state index in [0.29, 0.717) is 16.9 Å². The lowest BCUT2D eigenvalue weighted by atomic mass is 10.1. The number of hydrogen-bond donors (Lipinski definition) is 1. The molecule has 9 heteroatoms. The van der Waals surface area contributed by atoms with E-state index in [0.717, 1.165) is 27.5 Å². The maximum Gasteiger partial charge on any atom is 0.294 e. The van der Waals surface area contributed by atoms with Gasteiger partial charge >= 0.3 is 0 Å². The van der Waals surface area contributed by atoms with E-state index < -0.39 is 10.1 Å². The van der Waals surface area contributed by atoms with Crippen molar-refractivity contribution >= 4 is 43.3 Å². The zero-order valence-electron chi connectivity index (χ0n) is 17.8. The highest BCUT2D eigenvalue weighted by Gasteiger charge is 2.13. The summed E-state index contributed by atoms with van der Waals surface area (Å²) in [6, 6.07) is 22.0. The summed E-state index contributed by atoms with van der Waals surface area (Å²) in [5, 5.41) is 19.7. The Balaban J connectivity index is 1.43.